The third-order valence-corrected chi connectivity index (χ3v) is 5.79. The van der Waals surface area contributed by atoms with Crippen molar-refractivity contribution in [1.29, 1.82) is 0 Å². The van der Waals surface area contributed by atoms with E-state index in [1.165, 1.54) is 12.8 Å². The van der Waals surface area contributed by atoms with Crippen molar-refractivity contribution in [3.8, 4) is 11.5 Å². The predicted molar refractivity (Wildman–Crippen MR) is 113 cm³/mol. The Morgan fingerprint density at radius 3 is 2.50 bits per heavy atom. The molecular formula is C22H28N4O4. The molecule has 1 aromatic carbocycles. The average Bonchev–Trinajstić information content (AvgIpc) is 3.44. The molecule has 1 atom stereocenters. The van der Waals surface area contributed by atoms with Crippen LogP contribution in [0.5, 0.6) is 11.5 Å². The highest BCUT2D eigenvalue weighted by atomic mass is 16.5. The SMILES string of the molecule is COc1cc(CNC(=O)C2CCN(c3cnn(CC4CC4)c(=O)c3)C2)cc(OC)c1. The standard InChI is InChI=1S/C22H28N4O4/c1-29-19-7-16(8-20(10-19)30-2)11-23-22(28)17-5-6-25(14-17)18-9-21(27)26(24-12-18)13-15-3-4-15/h7-10,12,15,17H,3-6,11,13-14H2,1-2H3,(H,23,28). The molecule has 1 aromatic heterocycles. The molecule has 30 heavy (non-hydrogen) atoms. The largest absolute Gasteiger partial charge is 0.497 e. The molecule has 8 heteroatoms. The molecule has 1 unspecified atom stereocenters. The second kappa shape index (κ2) is 8.77. The van der Waals surface area contributed by atoms with Gasteiger partial charge in [0.2, 0.25) is 5.91 Å². The molecule has 8 nitrogen and oxygen atoms in total. The summed E-state index contributed by atoms with van der Waals surface area (Å²) in [7, 11) is 3.20. The van der Waals surface area contributed by atoms with Crippen molar-refractivity contribution in [2.24, 2.45) is 11.8 Å². The fraction of sp³-hybridized carbons (Fsp3) is 0.500. The summed E-state index contributed by atoms with van der Waals surface area (Å²) in [6.07, 6.45) is 4.85. The van der Waals surface area contributed by atoms with Gasteiger partial charge in [-0.2, -0.15) is 5.10 Å². The zero-order valence-electron chi connectivity index (χ0n) is 17.5. The van der Waals surface area contributed by atoms with Crippen molar-refractivity contribution in [2.45, 2.75) is 32.4 Å². The number of amides is 1. The van der Waals surface area contributed by atoms with Crippen LogP contribution in [0.15, 0.2) is 35.3 Å². The lowest BCUT2D eigenvalue weighted by molar-refractivity contribution is -0.124. The molecule has 0 radical (unpaired) electrons. The second-order valence-corrected chi connectivity index (χ2v) is 8.05. The Labute approximate surface area is 175 Å². The molecule has 1 aliphatic carbocycles. The number of hydrogen-bond acceptors (Lipinski definition) is 6. The van der Waals surface area contributed by atoms with Gasteiger partial charge in [-0.25, -0.2) is 4.68 Å². The summed E-state index contributed by atoms with van der Waals surface area (Å²) in [6.45, 7) is 2.43. The number of carbonyl (C=O) groups is 1. The van der Waals surface area contributed by atoms with E-state index in [1.807, 2.05) is 12.1 Å². The van der Waals surface area contributed by atoms with Crippen LogP contribution in [-0.4, -0.2) is 43.0 Å². The Bertz CT molecular complexity index is 948. The number of nitrogens with zero attached hydrogens (tertiary/aromatic N) is 3. The van der Waals surface area contributed by atoms with E-state index in [4.69, 9.17) is 9.47 Å². The Kier molecular flexibility index (Phi) is 5.92. The lowest BCUT2D eigenvalue weighted by Gasteiger charge is -2.18. The molecule has 0 bridgehead atoms. The lowest BCUT2D eigenvalue weighted by atomic mass is 10.1. The summed E-state index contributed by atoms with van der Waals surface area (Å²) >= 11 is 0. The van der Waals surface area contributed by atoms with Crippen LogP contribution in [0.25, 0.3) is 0 Å². The van der Waals surface area contributed by atoms with Crippen molar-refractivity contribution in [2.75, 3.05) is 32.2 Å². The van der Waals surface area contributed by atoms with E-state index < -0.39 is 0 Å². The number of carbonyl (C=O) groups excluding carboxylic acids is 1. The summed E-state index contributed by atoms with van der Waals surface area (Å²) in [5, 5.41) is 7.33. The van der Waals surface area contributed by atoms with Gasteiger partial charge in [-0.05, 0) is 42.9 Å². The third kappa shape index (κ3) is 4.75. The maximum atomic E-state index is 12.7. The summed E-state index contributed by atoms with van der Waals surface area (Å²) < 4.78 is 12.1. The fourth-order valence-corrected chi connectivity index (χ4v) is 3.79. The van der Waals surface area contributed by atoms with E-state index in [9.17, 15) is 9.59 Å². The molecule has 1 aliphatic heterocycles. The average molecular weight is 412 g/mol. The highest BCUT2D eigenvalue weighted by Crippen LogP contribution is 2.30. The number of rotatable bonds is 8. The van der Waals surface area contributed by atoms with Gasteiger partial charge in [0.15, 0.2) is 0 Å². The molecule has 4 rings (SSSR count). The summed E-state index contributed by atoms with van der Waals surface area (Å²) in [5.74, 6) is 1.87. The maximum Gasteiger partial charge on any atom is 0.268 e. The van der Waals surface area contributed by atoms with Crippen LogP contribution >= 0.6 is 0 Å². The normalized spacial score (nSPS) is 18.3. The van der Waals surface area contributed by atoms with Crippen LogP contribution in [0, 0.1) is 11.8 Å². The van der Waals surface area contributed by atoms with E-state index in [0.29, 0.717) is 37.1 Å². The Morgan fingerprint density at radius 2 is 1.87 bits per heavy atom. The molecule has 1 amide bonds. The quantitative estimate of drug-likeness (QED) is 0.712. The highest BCUT2D eigenvalue weighted by Gasteiger charge is 2.29. The number of benzene rings is 1. The van der Waals surface area contributed by atoms with Gasteiger partial charge in [0.05, 0.1) is 32.0 Å². The molecule has 1 saturated heterocycles. The number of anilines is 1. The molecule has 1 saturated carbocycles. The zero-order chi connectivity index (χ0) is 21.1. The van der Waals surface area contributed by atoms with Gasteiger partial charge >= 0.3 is 0 Å². The van der Waals surface area contributed by atoms with Crippen LogP contribution < -0.4 is 25.2 Å². The van der Waals surface area contributed by atoms with Gasteiger partial charge in [0.1, 0.15) is 11.5 Å². The van der Waals surface area contributed by atoms with Gasteiger partial charge in [0, 0.05) is 38.3 Å². The minimum absolute atomic E-state index is 0.00863. The van der Waals surface area contributed by atoms with E-state index in [2.05, 4.69) is 15.3 Å². The molecule has 2 fully saturated rings. The van der Waals surface area contributed by atoms with Crippen molar-refractivity contribution in [1.82, 2.24) is 15.1 Å². The monoisotopic (exact) mass is 412 g/mol. The van der Waals surface area contributed by atoms with Crippen LogP contribution in [0.4, 0.5) is 5.69 Å². The van der Waals surface area contributed by atoms with Crippen molar-refractivity contribution >= 4 is 11.6 Å². The first-order chi connectivity index (χ1) is 14.6. The Balaban J connectivity index is 1.33. The molecule has 2 aliphatic rings. The molecule has 160 valence electrons. The molecule has 0 spiro atoms. The molecule has 2 heterocycles. The maximum absolute atomic E-state index is 12.7. The van der Waals surface area contributed by atoms with E-state index in [0.717, 1.165) is 24.2 Å². The van der Waals surface area contributed by atoms with Gasteiger partial charge in [-0.15, -0.1) is 0 Å². The lowest BCUT2D eigenvalue weighted by Crippen LogP contribution is -2.33. The van der Waals surface area contributed by atoms with Crippen LogP contribution in [0.1, 0.15) is 24.8 Å². The first kappa shape index (κ1) is 20.3. The molecule has 1 N–H and O–H groups in total. The van der Waals surface area contributed by atoms with Crippen molar-refractivity contribution in [3.05, 3.63) is 46.4 Å². The Hall–Kier alpha value is -3.03. The summed E-state index contributed by atoms with van der Waals surface area (Å²) in [5.41, 5.74) is 1.64. The number of ether oxygens (including phenoxy) is 2. The van der Waals surface area contributed by atoms with Crippen molar-refractivity contribution < 1.29 is 14.3 Å². The predicted octanol–water partition coefficient (Wildman–Crippen LogP) is 1.81. The smallest absolute Gasteiger partial charge is 0.268 e. The molecular weight excluding hydrogens is 384 g/mol. The van der Waals surface area contributed by atoms with Crippen molar-refractivity contribution in [3.63, 3.8) is 0 Å². The van der Waals surface area contributed by atoms with Crippen LogP contribution in [-0.2, 0) is 17.9 Å². The third-order valence-electron chi connectivity index (χ3n) is 5.79. The number of aromatic nitrogens is 2. The minimum Gasteiger partial charge on any atom is -0.497 e. The van der Waals surface area contributed by atoms with Gasteiger partial charge in [-0.3, -0.25) is 9.59 Å². The first-order valence-electron chi connectivity index (χ1n) is 10.4. The van der Waals surface area contributed by atoms with E-state index in [-0.39, 0.29) is 17.4 Å². The first-order valence-corrected chi connectivity index (χ1v) is 10.4. The van der Waals surface area contributed by atoms with E-state index >= 15 is 0 Å². The minimum atomic E-state index is -0.119. The number of hydrogen-bond donors (Lipinski definition) is 1. The van der Waals surface area contributed by atoms with Gasteiger partial charge in [0.25, 0.3) is 5.56 Å². The second-order valence-electron chi connectivity index (χ2n) is 8.05. The number of nitrogens with one attached hydrogen (secondary N) is 1. The Morgan fingerprint density at radius 1 is 1.13 bits per heavy atom. The highest BCUT2D eigenvalue weighted by molar-refractivity contribution is 5.80. The fourth-order valence-electron chi connectivity index (χ4n) is 3.79. The summed E-state index contributed by atoms with van der Waals surface area (Å²) in [4.78, 5) is 27.0. The van der Waals surface area contributed by atoms with E-state index in [1.54, 1.807) is 37.2 Å². The number of methoxy groups -OCH3 is 2. The van der Waals surface area contributed by atoms with Gasteiger partial charge < -0.3 is 19.7 Å². The van der Waals surface area contributed by atoms with Crippen LogP contribution in [0.3, 0.4) is 0 Å². The zero-order valence-corrected chi connectivity index (χ0v) is 17.5. The topological polar surface area (TPSA) is 85.7 Å². The molecule has 2 aromatic rings. The van der Waals surface area contributed by atoms with Crippen LogP contribution in [0.2, 0.25) is 0 Å². The van der Waals surface area contributed by atoms with Gasteiger partial charge in [-0.1, -0.05) is 0 Å². The summed E-state index contributed by atoms with van der Waals surface area (Å²) in [6, 6.07) is 7.20.